The zero-order chi connectivity index (χ0) is 26.7. The number of rotatable bonds is 15. The molecule has 36 heavy (non-hydrogen) atoms. The second-order valence-corrected chi connectivity index (χ2v) is 10.1. The van der Waals surface area contributed by atoms with Crippen LogP contribution in [0, 0.1) is 13.3 Å². The fourth-order valence-corrected chi connectivity index (χ4v) is 4.78. The summed E-state index contributed by atoms with van der Waals surface area (Å²) in [6.07, 6.45) is 1.05. The van der Waals surface area contributed by atoms with Crippen LogP contribution in [0.3, 0.4) is 0 Å². The van der Waals surface area contributed by atoms with Crippen molar-refractivity contribution in [2.45, 2.75) is 94.5 Å². The van der Waals surface area contributed by atoms with Gasteiger partial charge in [0, 0.05) is 12.2 Å². The van der Waals surface area contributed by atoms with E-state index < -0.39 is 48.5 Å². The normalized spacial score (nSPS) is 27.0. The molecule has 7 N–H and O–H groups in total. The number of thioether (sulfide) groups is 1. The van der Waals surface area contributed by atoms with Gasteiger partial charge in [-0.3, -0.25) is 9.59 Å². The number of amides is 2. The molecule has 0 aliphatic heterocycles. The summed E-state index contributed by atoms with van der Waals surface area (Å²) in [7, 11) is 0. The van der Waals surface area contributed by atoms with Gasteiger partial charge in [-0.15, -0.1) is 5.10 Å². The minimum absolute atomic E-state index is 0.0154. The lowest BCUT2D eigenvalue weighted by molar-refractivity contribution is -0.200. The summed E-state index contributed by atoms with van der Waals surface area (Å²) in [5.74, 6) is 0.156. The Hall–Kier alpha value is -1.77. The van der Waals surface area contributed by atoms with E-state index in [4.69, 9.17) is 0 Å². The van der Waals surface area contributed by atoms with Gasteiger partial charge in [-0.2, -0.15) is 11.8 Å². The van der Waals surface area contributed by atoms with Gasteiger partial charge in [0.1, 0.15) is 42.6 Å². The molecule has 7 atom stereocenters. The summed E-state index contributed by atoms with van der Waals surface area (Å²) < 4.78 is 1.00. The van der Waals surface area contributed by atoms with Gasteiger partial charge in [0.05, 0.1) is 6.20 Å². The van der Waals surface area contributed by atoms with E-state index in [1.165, 1.54) is 24.4 Å². The van der Waals surface area contributed by atoms with Crippen LogP contribution in [0.25, 0.3) is 0 Å². The molecule has 1 heterocycles. The van der Waals surface area contributed by atoms with Gasteiger partial charge in [0.25, 0.3) is 0 Å². The first-order valence-corrected chi connectivity index (χ1v) is 13.5. The Morgan fingerprint density at radius 3 is 2.31 bits per heavy atom. The van der Waals surface area contributed by atoms with Crippen LogP contribution >= 0.6 is 11.8 Å². The predicted molar refractivity (Wildman–Crippen MR) is 135 cm³/mol. The van der Waals surface area contributed by atoms with Crippen molar-refractivity contribution in [1.82, 2.24) is 20.3 Å². The van der Waals surface area contributed by atoms with E-state index in [9.17, 15) is 35.1 Å². The van der Waals surface area contributed by atoms with Crippen molar-refractivity contribution in [2.24, 2.45) is 0 Å². The van der Waals surface area contributed by atoms with Crippen LogP contribution in [0.5, 0.6) is 0 Å². The average Bonchev–Trinajstić information content (AvgIpc) is 3.31. The molecule has 204 valence electrons. The van der Waals surface area contributed by atoms with E-state index in [0.717, 1.165) is 36.8 Å². The lowest BCUT2D eigenvalue weighted by atomic mass is 9.83. The van der Waals surface area contributed by atoms with Gasteiger partial charge in [-0.25, -0.2) is 4.68 Å². The van der Waals surface area contributed by atoms with Crippen molar-refractivity contribution < 1.29 is 35.1 Å². The van der Waals surface area contributed by atoms with E-state index in [-0.39, 0.29) is 11.7 Å². The topological polar surface area (TPSA) is 190 Å². The van der Waals surface area contributed by atoms with Crippen molar-refractivity contribution in [3.8, 4) is 0 Å². The highest BCUT2D eigenvalue weighted by molar-refractivity contribution is 7.99. The van der Waals surface area contributed by atoms with Crippen LogP contribution in [0.15, 0.2) is 6.20 Å². The van der Waals surface area contributed by atoms with Crippen molar-refractivity contribution in [3.63, 3.8) is 0 Å². The largest absolute Gasteiger partial charge is 0.388 e. The fraction of sp³-hybridized carbons (Fsp3) is 0.739. The van der Waals surface area contributed by atoms with Crippen molar-refractivity contribution in [1.29, 1.82) is 0 Å². The van der Waals surface area contributed by atoms with E-state index in [1.807, 2.05) is 0 Å². The molecule has 1 aromatic heterocycles. The lowest BCUT2D eigenvalue weighted by Gasteiger charge is -2.41. The highest BCUT2D eigenvalue weighted by Crippen LogP contribution is 2.30. The third-order valence-electron chi connectivity index (χ3n) is 6.10. The maximum atomic E-state index is 12.9. The zero-order valence-corrected chi connectivity index (χ0v) is 21.4. The van der Waals surface area contributed by atoms with Crippen LogP contribution in [-0.2, 0) is 9.59 Å². The fourth-order valence-electron chi connectivity index (χ4n) is 4.00. The number of aromatic nitrogens is 3. The second-order valence-electron chi connectivity index (χ2n) is 8.98. The number of carbonyl (C=O) groups is 2. The molecule has 0 saturated heterocycles. The standard InChI is InChI=1S/C23H39N5O7S/c1-3-5-6-7-8-9-10-16(29)24-14(13-36-11-4-2)23(35)25-15-12-28(27-26-15)17-18(30)20(32)22(34)21(33)19(17)31/h4,12,14,17-22,30-34H,2-3,5-11,13H2,1H3,(H,24,29)(H,25,35)/t14-,17-,18+,19+,20+,21-,22-/m1/s1. The van der Waals surface area contributed by atoms with E-state index in [0.29, 0.717) is 17.9 Å². The number of aliphatic hydroxyl groups excluding tert-OH is 5. The van der Waals surface area contributed by atoms with E-state index in [2.05, 4.69) is 34.8 Å². The maximum absolute atomic E-state index is 12.9. The van der Waals surface area contributed by atoms with Crippen molar-refractivity contribution in [3.05, 3.63) is 19.5 Å². The molecule has 12 nitrogen and oxygen atoms in total. The molecular formula is C23H39N5O7S. The van der Waals surface area contributed by atoms with E-state index >= 15 is 0 Å². The molecule has 0 aromatic carbocycles. The SMILES string of the molecule is [CH2][CH]CSC[C@@H](NC(=O)CCCCCCCC)C(=O)Nc1cn([C@@H]2[C@H](O)[C@H](O)[C@@H](O)[C@H](O)[C@H]2O)nn1. The third kappa shape index (κ3) is 8.67. The Morgan fingerprint density at radius 1 is 1.06 bits per heavy atom. The number of hydrogen-bond donors (Lipinski definition) is 7. The Balaban J connectivity index is 1.98. The Labute approximate surface area is 215 Å². The van der Waals surface area contributed by atoms with Gasteiger partial charge in [0.15, 0.2) is 5.82 Å². The predicted octanol–water partition coefficient (Wildman–Crippen LogP) is -0.417. The van der Waals surface area contributed by atoms with Crippen molar-refractivity contribution >= 4 is 29.4 Å². The molecule has 2 rings (SSSR count). The molecule has 1 aliphatic carbocycles. The summed E-state index contributed by atoms with van der Waals surface area (Å²) >= 11 is 1.43. The summed E-state index contributed by atoms with van der Waals surface area (Å²) in [6, 6.07) is -2.15. The Morgan fingerprint density at radius 2 is 1.67 bits per heavy atom. The lowest BCUT2D eigenvalue weighted by Crippen LogP contribution is -2.61. The zero-order valence-electron chi connectivity index (χ0n) is 20.6. The van der Waals surface area contributed by atoms with Crippen LogP contribution in [0.4, 0.5) is 5.82 Å². The van der Waals surface area contributed by atoms with Gasteiger partial charge in [-0.05, 0) is 25.5 Å². The Kier molecular flexibility index (Phi) is 13.1. The number of carbonyl (C=O) groups excluding carboxylic acids is 2. The minimum atomic E-state index is -1.73. The maximum Gasteiger partial charge on any atom is 0.249 e. The van der Waals surface area contributed by atoms with Gasteiger partial charge >= 0.3 is 0 Å². The number of unbranched alkanes of at least 4 members (excludes halogenated alkanes) is 5. The van der Waals surface area contributed by atoms with Crippen LogP contribution in [0.2, 0.25) is 0 Å². The third-order valence-corrected chi connectivity index (χ3v) is 7.14. The Bertz CT molecular complexity index is 798. The minimum Gasteiger partial charge on any atom is -0.388 e. The summed E-state index contributed by atoms with van der Waals surface area (Å²) in [4.78, 5) is 25.3. The number of nitrogens with zero attached hydrogens (tertiary/aromatic N) is 3. The van der Waals surface area contributed by atoms with Crippen LogP contribution in [-0.4, -0.2) is 100 Å². The van der Waals surface area contributed by atoms with Crippen LogP contribution in [0.1, 0.15) is 57.9 Å². The molecule has 13 heteroatoms. The monoisotopic (exact) mass is 529 g/mol. The number of anilines is 1. The quantitative estimate of drug-likeness (QED) is 0.147. The highest BCUT2D eigenvalue weighted by Gasteiger charge is 2.49. The molecule has 2 amide bonds. The van der Waals surface area contributed by atoms with Gasteiger partial charge in [-0.1, -0.05) is 44.2 Å². The van der Waals surface area contributed by atoms with Crippen LogP contribution < -0.4 is 10.6 Å². The summed E-state index contributed by atoms with van der Waals surface area (Å²) in [6.45, 7) is 5.80. The molecule has 0 unspecified atom stereocenters. The first-order valence-electron chi connectivity index (χ1n) is 12.3. The second kappa shape index (κ2) is 15.5. The smallest absolute Gasteiger partial charge is 0.249 e. The molecule has 1 aliphatic rings. The molecule has 0 bridgehead atoms. The summed E-state index contributed by atoms with van der Waals surface area (Å²) in [5.41, 5.74) is 0. The number of aliphatic hydroxyl groups is 5. The molecule has 2 radical (unpaired) electrons. The molecule has 0 spiro atoms. The van der Waals surface area contributed by atoms with Gasteiger partial charge in [0.2, 0.25) is 11.8 Å². The summed E-state index contributed by atoms with van der Waals surface area (Å²) in [5, 5.41) is 63.1. The first kappa shape index (κ1) is 30.5. The van der Waals surface area contributed by atoms with Crippen molar-refractivity contribution in [2.75, 3.05) is 16.8 Å². The number of hydrogen-bond acceptors (Lipinski definition) is 10. The van der Waals surface area contributed by atoms with E-state index in [1.54, 1.807) is 6.42 Å². The number of nitrogens with one attached hydrogen (secondary N) is 2. The highest BCUT2D eigenvalue weighted by atomic mass is 32.2. The van der Waals surface area contributed by atoms with Gasteiger partial charge < -0.3 is 36.2 Å². The average molecular weight is 530 g/mol. The molecular weight excluding hydrogens is 490 g/mol. The molecule has 1 saturated carbocycles. The molecule has 1 fully saturated rings. The first-order chi connectivity index (χ1) is 17.2. The molecule has 1 aromatic rings.